The molecule has 0 radical (unpaired) electrons. The van der Waals surface area contributed by atoms with Crippen molar-refractivity contribution in [2.75, 3.05) is 5.32 Å². The Morgan fingerprint density at radius 3 is 2.70 bits per heavy atom. The summed E-state index contributed by atoms with van der Waals surface area (Å²) >= 11 is 1.36. The summed E-state index contributed by atoms with van der Waals surface area (Å²) in [5, 5.41) is 5.88. The fraction of sp³-hybridized carbons (Fsp3) is 0.238. The number of aromatic amines is 2. The zero-order valence-corrected chi connectivity index (χ0v) is 16.5. The Kier molecular flexibility index (Phi) is 3.96. The number of thiophene rings is 1. The maximum atomic E-state index is 12.6. The molecular weight excluding hydrogens is 358 g/mol. The first-order valence-electron chi connectivity index (χ1n) is 8.78. The van der Waals surface area contributed by atoms with Crippen molar-refractivity contribution in [3.8, 4) is 0 Å². The molecule has 142 valence electrons. The lowest BCUT2D eigenvalue weighted by Crippen LogP contribution is -2.21. The van der Waals surface area contributed by atoms with Gasteiger partial charge in [0.05, 0.1) is 10.2 Å². The molecular formula is C21H25N3O2S. The molecule has 5 nitrogen and oxygen atoms in total. The monoisotopic (exact) mass is 383 g/mol. The molecule has 0 aliphatic carbocycles. The summed E-state index contributed by atoms with van der Waals surface area (Å²) in [5.41, 5.74) is 4.54. The summed E-state index contributed by atoms with van der Waals surface area (Å²) in [6.45, 7) is 8.44. The van der Waals surface area contributed by atoms with Gasteiger partial charge in [0.15, 0.2) is 0 Å². The normalized spacial score (nSPS) is 12.0. The predicted octanol–water partition coefficient (Wildman–Crippen LogP) is 5.42. The van der Waals surface area contributed by atoms with E-state index in [1.54, 1.807) is 0 Å². The van der Waals surface area contributed by atoms with Crippen molar-refractivity contribution in [3.05, 3.63) is 62.9 Å². The minimum atomic E-state index is -0.411. The quantitative estimate of drug-likeness (QED) is 0.432. The van der Waals surface area contributed by atoms with Gasteiger partial charge in [-0.3, -0.25) is 9.59 Å². The Morgan fingerprint density at radius 2 is 1.96 bits per heavy atom. The van der Waals surface area contributed by atoms with Gasteiger partial charge in [-0.05, 0) is 41.0 Å². The SMILES string of the molecule is Cc1csc2c(=O)c(C(=O)Nc3ccc4c(C(C)(C)C)c[nH]c4c3)c[nH]c12.[HH].[HH]. The molecule has 4 aromatic rings. The fourth-order valence-electron chi connectivity index (χ4n) is 3.31. The second-order valence-corrected chi connectivity index (χ2v) is 8.70. The number of carbonyl (C=O) groups is 1. The highest BCUT2D eigenvalue weighted by molar-refractivity contribution is 7.17. The minimum absolute atomic E-state index is 0. The van der Waals surface area contributed by atoms with Crippen molar-refractivity contribution in [1.82, 2.24) is 9.97 Å². The van der Waals surface area contributed by atoms with Crippen LogP contribution < -0.4 is 10.7 Å². The van der Waals surface area contributed by atoms with Crippen LogP contribution in [0.15, 0.2) is 40.8 Å². The smallest absolute Gasteiger partial charge is 0.261 e. The molecule has 6 heteroatoms. The molecule has 0 saturated carbocycles. The third-order valence-electron chi connectivity index (χ3n) is 4.78. The number of aromatic nitrogens is 2. The molecule has 1 amide bonds. The number of hydrogen-bond acceptors (Lipinski definition) is 3. The topological polar surface area (TPSA) is 77.8 Å². The highest BCUT2D eigenvalue weighted by Gasteiger charge is 2.19. The van der Waals surface area contributed by atoms with Crippen LogP contribution in [0.25, 0.3) is 21.1 Å². The molecule has 27 heavy (non-hydrogen) atoms. The Bertz CT molecular complexity index is 1250. The van der Waals surface area contributed by atoms with Crippen LogP contribution in [-0.2, 0) is 5.41 Å². The van der Waals surface area contributed by atoms with E-state index >= 15 is 0 Å². The zero-order chi connectivity index (χ0) is 19.3. The summed E-state index contributed by atoms with van der Waals surface area (Å²) in [5.74, 6) is -0.411. The Labute approximate surface area is 163 Å². The van der Waals surface area contributed by atoms with Crippen LogP contribution in [0.4, 0.5) is 5.69 Å². The molecule has 0 aliphatic heterocycles. The molecule has 0 aliphatic rings. The van der Waals surface area contributed by atoms with Crippen LogP contribution >= 0.6 is 11.3 Å². The summed E-state index contributed by atoms with van der Waals surface area (Å²) in [6, 6.07) is 5.76. The number of nitrogens with one attached hydrogen (secondary N) is 3. The largest absolute Gasteiger partial charge is 0.361 e. The van der Waals surface area contributed by atoms with Crippen molar-refractivity contribution in [1.29, 1.82) is 0 Å². The van der Waals surface area contributed by atoms with E-state index in [-0.39, 0.29) is 19.3 Å². The van der Waals surface area contributed by atoms with E-state index in [2.05, 4.69) is 36.1 Å². The number of rotatable bonds is 2. The van der Waals surface area contributed by atoms with E-state index < -0.39 is 5.91 Å². The first kappa shape index (κ1) is 17.5. The number of aryl methyl sites for hydroxylation is 1. The van der Waals surface area contributed by atoms with Gasteiger partial charge in [0.25, 0.3) is 5.91 Å². The second-order valence-electron chi connectivity index (χ2n) is 7.82. The predicted molar refractivity (Wildman–Crippen MR) is 116 cm³/mol. The standard InChI is InChI=1S/C21H21N3O2S.2H2/c1-11-10-27-19-17(11)23-8-14(18(19)25)20(26)24-12-5-6-13-15(21(2,3)4)9-22-16(13)7-12;;/h5-10,22H,1-4H3,(H,23,25)(H,24,26);2*1H. The molecule has 4 rings (SSSR count). The number of anilines is 1. The highest BCUT2D eigenvalue weighted by Crippen LogP contribution is 2.31. The minimum Gasteiger partial charge on any atom is -0.361 e. The Hall–Kier alpha value is -2.86. The third-order valence-corrected chi connectivity index (χ3v) is 5.88. The van der Waals surface area contributed by atoms with Crippen molar-refractivity contribution < 1.29 is 7.65 Å². The van der Waals surface area contributed by atoms with E-state index in [0.29, 0.717) is 10.4 Å². The van der Waals surface area contributed by atoms with Gasteiger partial charge in [-0.2, -0.15) is 0 Å². The van der Waals surface area contributed by atoms with E-state index in [1.807, 2.05) is 36.7 Å². The van der Waals surface area contributed by atoms with E-state index in [0.717, 1.165) is 22.0 Å². The number of carbonyl (C=O) groups excluding carboxylic acids is 1. The van der Waals surface area contributed by atoms with E-state index in [4.69, 9.17) is 0 Å². The van der Waals surface area contributed by atoms with Crippen LogP contribution in [0.5, 0.6) is 0 Å². The highest BCUT2D eigenvalue weighted by atomic mass is 32.1. The number of pyridine rings is 1. The molecule has 3 heterocycles. The first-order valence-corrected chi connectivity index (χ1v) is 9.66. The molecule has 0 fully saturated rings. The fourth-order valence-corrected chi connectivity index (χ4v) is 4.28. The number of benzene rings is 1. The van der Waals surface area contributed by atoms with E-state index in [9.17, 15) is 9.59 Å². The zero-order valence-electron chi connectivity index (χ0n) is 15.7. The van der Waals surface area contributed by atoms with Crippen LogP contribution in [0.2, 0.25) is 0 Å². The van der Waals surface area contributed by atoms with Crippen LogP contribution in [-0.4, -0.2) is 15.9 Å². The van der Waals surface area contributed by atoms with Crippen molar-refractivity contribution in [3.63, 3.8) is 0 Å². The van der Waals surface area contributed by atoms with Crippen molar-refractivity contribution in [2.45, 2.75) is 33.1 Å². The van der Waals surface area contributed by atoms with Gasteiger partial charge in [0, 0.05) is 31.8 Å². The lowest BCUT2D eigenvalue weighted by molar-refractivity contribution is 0.102. The van der Waals surface area contributed by atoms with E-state index in [1.165, 1.54) is 23.1 Å². The average Bonchev–Trinajstić information content (AvgIpc) is 3.19. The number of fused-ring (bicyclic) bond motifs is 2. The van der Waals surface area contributed by atoms with Gasteiger partial charge in [-0.1, -0.05) is 26.8 Å². The molecule has 1 aromatic carbocycles. The molecule has 3 aromatic heterocycles. The molecule has 0 atom stereocenters. The summed E-state index contributed by atoms with van der Waals surface area (Å²) in [7, 11) is 0. The van der Waals surface area contributed by atoms with Crippen LogP contribution in [0, 0.1) is 6.92 Å². The lowest BCUT2D eigenvalue weighted by Gasteiger charge is -2.17. The van der Waals surface area contributed by atoms with Gasteiger partial charge >= 0.3 is 0 Å². The van der Waals surface area contributed by atoms with Gasteiger partial charge in [0.1, 0.15) is 5.56 Å². The van der Waals surface area contributed by atoms with Crippen molar-refractivity contribution >= 4 is 44.1 Å². The third kappa shape index (κ3) is 2.96. The molecule has 0 bridgehead atoms. The number of H-pyrrole nitrogens is 2. The van der Waals surface area contributed by atoms with Gasteiger partial charge < -0.3 is 15.3 Å². The molecule has 0 unspecified atom stereocenters. The average molecular weight is 384 g/mol. The molecule has 0 spiro atoms. The van der Waals surface area contributed by atoms with Gasteiger partial charge in [-0.15, -0.1) is 11.3 Å². The summed E-state index contributed by atoms with van der Waals surface area (Å²) in [4.78, 5) is 31.6. The van der Waals surface area contributed by atoms with Crippen LogP contribution in [0.1, 0.15) is 45.1 Å². The second kappa shape index (κ2) is 6.09. The maximum Gasteiger partial charge on any atom is 0.261 e. The number of hydrogen-bond donors (Lipinski definition) is 3. The lowest BCUT2D eigenvalue weighted by atomic mass is 9.87. The van der Waals surface area contributed by atoms with Crippen molar-refractivity contribution in [2.24, 2.45) is 0 Å². The molecule has 0 saturated heterocycles. The van der Waals surface area contributed by atoms with Gasteiger partial charge in [-0.25, -0.2) is 0 Å². The first-order chi connectivity index (χ1) is 12.8. The molecule has 3 N–H and O–H groups in total. The Balaban J connectivity index is 0.00000150. The summed E-state index contributed by atoms with van der Waals surface area (Å²) in [6.07, 6.45) is 3.50. The van der Waals surface area contributed by atoms with Crippen LogP contribution in [0.3, 0.4) is 0 Å². The summed E-state index contributed by atoms with van der Waals surface area (Å²) < 4.78 is 0.579. The number of amides is 1. The maximum absolute atomic E-state index is 12.6. The van der Waals surface area contributed by atoms with Gasteiger partial charge in [0.2, 0.25) is 5.43 Å². The Morgan fingerprint density at radius 1 is 1.19 bits per heavy atom.